The molecule has 24 heavy (non-hydrogen) atoms. The van der Waals surface area contributed by atoms with E-state index in [0.717, 1.165) is 16.5 Å². The van der Waals surface area contributed by atoms with E-state index in [4.69, 9.17) is 0 Å². The molecular weight excluding hydrogens is 319 g/mol. The zero-order valence-corrected chi connectivity index (χ0v) is 13.2. The predicted molar refractivity (Wildman–Crippen MR) is 83.7 cm³/mol. The van der Waals surface area contributed by atoms with Crippen LogP contribution in [0.4, 0.5) is 19.0 Å². The van der Waals surface area contributed by atoms with Crippen LogP contribution in [0.1, 0.15) is 29.6 Å². The molecule has 0 saturated heterocycles. The fourth-order valence-electron chi connectivity index (χ4n) is 2.49. The van der Waals surface area contributed by atoms with Crippen molar-refractivity contribution in [1.29, 1.82) is 0 Å². The fourth-order valence-corrected chi connectivity index (χ4v) is 2.49. The lowest BCUT2D eigenvalue weighted by Gasteiger charge is -2.11. The lowest BCUT2D eigenvalue weighted by Crippen LogP contribution is -2.10. The summed E-state index contributed by atoms with van der Waals surface area (Å²) in [5.74, 6) is -0.849. The van der Waals surface area contributed by atoms with Gasteiger partial charge >= 0.3 is 6.18 Å². The van der Waals surface area contributed by atoms with E-state index < -0.39 is 12.0 Å². The molecule has 2 heterocycles. The van der Waals surface area contributed by atoms with Crippen molar-refractivity contribution in [2.24, 2.45) is 0 Å². The number of nitrogens with one attached hydrogen (secondary N) is 1. The molecule has 3 rings (SSSR count). The first-order valence-electron chi connectivity index (χ1n) is 7.50. The van der Waals surface area contributed by atoms with Crippen molar-refractivity contribution < 1.29 is 13.2 Å². The monoisotopic (exact) mass is 335 g/mol. The number of rotatable bonds is 4. The molecule has 0 atom stereocenters. The number of fused-ring (bicyclic) bond motifs is 1. The molecule has 0 aliphatic heterocycles. The van der Waals surface area contributed by atoms with E-state index in [-0.39, 0.29) is 5.78 Å². The molecule has 2 aromatic heterocycles. The van der Waals surface area contributed by atoms with Gasteiger partial charge in [-0.05, 0) is 24.5 Å². The Hall–Kier alpha value is -2.64. The van der Waals surface area contributed by atoms with Gasteiger partial charge in [0.15, 0.2) is 0 Å². The van der Waals surface area contributed by atoms with Crippen LogP contribution in [0.2, 0.25) is 0 Å². The predicted octanol–water partition coefficient (Wildman–Crippen LogP) is 3.63. The van der Waals surface area contributed by atoms with E-state index in [2.05, 4.69) is 27.3 Å². The van der Waals surface area contributed by atoms with Gasteiger partial charge < -0.3 is 5.32 Å². The molecule has 3 aromatic rings. The van der Waals surface area contributed by atoms with Crippen LogP contribution in [0.15, 0.2) is 30.3 Å². The highest BCUT2D eigenvalue weighted by Crippen LogP contribution is 2.27. The number of hydrogen-bond acceptors (Lipinski definition) is 4. The van der Waals surface area contributed by atoms with Gasteiger partial charge in [-0.3, -0.25) is 0 Å². The highest BCUT2D eigenvalue weighted by molar-refractivity contribution is 5.46. The number of aromatic nitrogens is 4. The summed E-state index contributed by atoms with van der Waals surface area (Å²) in [6, 6.07) is 9.56. The topological polar surface area (TPSA) is 55.1 Å². The van der Waals surface area contributed by atoms with Crippen molar-refractivity contribution >= 4 is 11.6 Å². The zero-order chi connectivity index (χ0) is 17.3. The molecule has 0 saturated carbocycles. The zero-order valence-electron chi connectivity index (χ0n) is 13.2. The molecule has 0 fully saturated rings. The van der Waals surface area contributed by atoms with Gasteiger partial charge in [0.1, 0.15) is 5.82 Å². The minimum Gasteiger partial charge on any atom is -0.366 e. The number of hydrogen-bond donors (Lipinski definition) is 1. The second-order valence-electron chi connectivity index (χ2n) is 5.40. The second-order valence-corrected chi connectivity index (χ2v) is 5.40. The highest BCUT2D eigenvalue weighted by atomic mass is 19.4. The maximum atomic E-state index is 12.8. The summed E-state index contributed by atoms with van der Waals surface area (Å²) in [5, 5.41) is 6.67. The van der Waals surface area contributed by atoms with Crippen molar-refractivity contribution in [2.45, 2.75) is 33.0 Å². The summed E-state index contributed by atoms with van der Waals surface area (Å²) in [5.41, 5.74) is 2.83. The van der Waals surface area contributed by atoms with Gasteiger partial charge in [0.05, 0.1) is 0 Å². The van der Waals surface area contributed by atoms with E-state index in [1.165, 1.54) is 5.56 Å². The number of alkyl halides is 3. The number of anilines is 1. The largest absolute Gasteiger partial charge is 0.453 e. The summed E-state index contributed by atoms with van der Waals surface area (Å²) >= 11 is 0. The Kier molecular flexibility index (Phi) is 4.13. The van der Waals surface area contributed by atoms with E-state index in [9.17, 15) is 13.2 Å². The van der Waals surface area contributed by atoms with Crippen molar-refractivity contribution in [2.75, 3.05) is 5.32 Å². The summed E-state index contributed by atoms with van der Waals surface area (Å²) in [7, 11) is 0. The standard InChI is InChI=1S/C16H16F3N5/c1-3-11-6-4-5-7-12(11)9-20-13-8-10(2)21-15-22-14(16(17,18)19)23-24(13)15/h4-8,20H,3,9H2,1-2H3. The first-order valence-corrected chi connectivity index (χ1v) is 7.50. The first kappa shape index (κ1) is 16.2. The lowest BCUT2D eigenvalue weighted by atomic mass is 10.1. The number of halogens is 3. The van der Waals surface area contributed by atoms with Gasteiger partial charge in [-0.25, -0.2) is 4.98 Å². The van der Waals surface area contributed by atoms with Gasteiger partial charge in [-0.1, -0.05) is 31.2 Å². The third-order valence-corrected chi connectivity index (χ3v) is 3.65. The summed E-state index contributed by atoms with van der Waals surface area (Å²) in [6.07, 6.45) is -3.72. The van der Waals surface area contributed by atoms with E-state index >= 15 is 0 Å². The van der Waals surface area contributed by atoms with Crippen molar-refractivity contribution in [3.8, 4) is 0 Å². The van der Waals surface area contributed by atoms with Crippen molar-refractivity contribution in [3.05, 3.63) is 53.0 Å². The Morgan fingerprint density at radius 2 is 1.83 bits per heavy atom. The average Bonchev–Trinajstić information content (AvgIpc) is 2.97. The number of aryl methyl sites for hydroxylation is 2. The van der Waals surface area contributed by atoms with Crippen LogP contribution in [0.25, 0.3) is 5.78 Å². The third-order valence-electron chi connectivity index (χ3n) is 3.65. The summed E-state index contributed by atoms with van der Waals surface area (Å²) < 4.78 is 39.6. The minimum absolute atomic E-state index is 0.0754. The second kappa shape index (κ2) is 6.10. The number of nitrogens with zero attached hydrogens (tertiary/aromatic N) is 4. The summed E-state index contributed by atoms with van der Waals surface area (Å²) in [6.45, 7) is 4.23. The normalized spacial score (nSPS) is 11.9. The van der Waals surface area contributed by atoms with Crippen molar-refractivity contribution in [3.63, 3.8) is 0 Å². The van der Waals surface area contributed by atoms with Crippen LogP contribution in [-0.4, -0.2) is 19.6 Å². The molecule has 0 amide bonds. The molecule has 8 heteroatoms. The van der Waals surface area contributed by atoms with Crippen molar-refractivity contribution in [1.82, 2.24) is 19.6 Å². The van der Waals surface area contributed by atoms with Gasteiger partial charge in [0, 0.05) is 18.3 Å². The van der Waals surface area contributed by atoms with Crippen LogP contribution >= 0.6 is 0 Å². The Labute approximate surface area is 136 Å². The Morgan fingerprint density at radius 3 is 2.50 bits per heavy atom. The van der Waals surface area contributed by atoms with Crippen LogP contribution < -0.4 is 5.32 Å². The smallest absolute Gasteiger partial charge is 0.366 e. The molecule has 0 spiro atoms. The molecule has 1 aromatic carbocycles. The van der Waals surface area contributed by atoms with Crippen LogP contribution in [0.5, 0.6) is 0 Å². The SMILES string of the molecule is CCc1ccccc1CNc1cc(C)nc2nc(C(F)(F)F)nn12. The number of benzene rings is 1. The Bertz CT molecular complexity index is 870. The molecule has 5 nitrogen and oxygen atoms in total. The molecule has 0 radical (unpaired) electrons. The lowest BCUT2D eigenvalue weighted by molar-refractivity contribution is -0.144. The highest BCUT2D eigenvalue weighted by Gasteiger charge is 2.36. The van der Waals surface area contributed by atoms with E-state index in [0.29, 0.717) is 18.1 Å². The van der Waals surface area contributed by atoms with Gasteiger partial charge in [-0.15, -0.1) is 5.10 Å². The van der Waals surface area contributed by atoms with Crippen LogP contribution in [0, 0.1) is 6.92 Å². The third kappa shape index (κ3) is 3.17. The molecule has 0 aliphatic carbocycles. The quantitative estimate of drug-likeness (QED) is 0.791. The van der Waals surface area contributed by atoms with E-state index in [1.54, 1.807) is 13.0 Å². The summed E-state index contributed by atoms with van der Waals surface area (Å²) in [4.78, 5) is 7.48. The fraction of sp³-hybridized carbons (Fsp3) is 0.312. The van der Waals surface area contributed by atoms with Gasteiger partial charge in [-0.2, -0.15) is 22.7 Å². The Morgan fingerprint density at radius 1 is 1.12 bits per heavy atom. The molecule has 1 N–H and O–H groups in total. The Balaban J connectivity index is 1.95. The van der Waals surface area contributed by atoms with Gasteiger partial charge in [0.25, 0.3) is 11.6 Å². The average molecular weight is 335 g/mol. The van der Waals surface area contributed by atoms with Crippen LogP contribution in [-0.2, 0) is 19.1 Å². The molecule has 126 valence electrons. The first-order chi connectivity index (χ1) is 11.4. The molecule has 0 unspecified atom stereocenters. The molecule has 0 aliphatic rings. The molecule has 0 bridgehead atoms. The maximum absolute atomic E-state index is 12.8. The van der Waals surface area contributed by atoms with Crippen LogP contribution in [0.3, 0.4) is 0 Å². The van der Waals surface area contributed by atoms with Gasteiger partial charge in [0.2, 0.25) is 0 Å². The molecular formula is C16H16F3N5. The maximum Gasteiger partial charge on any atom is 0.453 e. The minimum atomic E-state index is -4.60. The van der Waals surface area contributed by atoms with E-state index in [1.807, 2.05) is 24.3 Å².